The number of carbonyl (C=O) groups excluding carboxylic acids is 1. The van der Waals surface area contributed by atoms with Gasteiger partial charge in [0.15, 0.2) is 6.10 Å². The molecule has 0 aliphatic carbocycles. The summed E-state index contributed by atoms with van der Waals surface area (Å²) in [6.07, 6.45) is 27.6. The van der Waals surface area contributed by atoms with E-state index in [2.05, 4.69) is 13.8 Å². The number of rotatable bonds is 33. The molecule has 1 heterocycles. The molecule has 0 saturated carbocycles. The highest BCUT2D eigenvalue weighted by atomic mass is 16.6. The van der Waals surface area contributed by atoms with Gasteiger partial charge in [0, 0.05) is 0 Å². The third kappa shape index (κ3) is 19.6. The van der Waals surface area contributed by atoms with Crippen LogP contribution in [0.5, 0.6) is 0 Å². The van der Waals surface area contributed by atoms with Crippen molar-refractivity contribution >= 4 is 6.09 Å². The predicted molar refractivity (Wildman–Crippen MR) is 201 cm³/mol. The Morgan fingerprint density at radius 3 is 1.14 bits per heavy atom. The third-order valence-electron chi connectivity index (χ3n) is 10.8. The van der Waals surface area contributed by atoms with E-state index >= 15 is 0 Å². The fraction of sp³-hybridized carbons (Fsp3) is 0.976. The van der Waals surface area contributed by atoms with Gasteiger partial charge in [0.2, 0.25) is 6.23 Å². The Bertz CT molecular complexity index is 753. The standard InChI is InChI=1S/C41H82NO7/c1-4-7-9-11-13-15-17-19-20-21-22-24-26-28-30-32-34-42(41(47)48-6-3,40-39(46)38(45)37(44)36(35-43)49-40)33-31-29-27-25-23-18-16-14-12-10-8-5-2/h36-40,43-46H,4-35H2,1-3H3/q+1/t36-,37+,38+,39-,40?,42?/m1/s1. The number of quaternary nitrogens is 1. The van der Waals surface area contributed by atoms with Crippen molar-refractivity contribution in [2.24, 2.45) is 0 Å². The number of aliphatic hydroxyl groups is 4. The molecule has 292 valence electrons. The second kappa shape index (κ2) is 30.8. The largest absolute Gasteiger partial charge is 0.518 e. The van der Waals surface area contributed by atoms with E-state index in [0.717, 1.165) is 38.5 Å². The Balaban J connectivity index is 2.60. The number of hydrogen-bond donors (Lipinski definition) is 4. The second-order valence-electron chi connectivity index (χ2n) is 15.1. The van der Waals surface area contributed by atoms with Crippen molar-refractivity contribution in [3.63, 3.8) is 0 Å². The molecule has 1 aliphatic heterocycles. The van der Waals surface area contributed by atoms with Gasteiger partial charge in [-0.15, -0.1) is 0 Å². The molecule has 49 heavy (non-hydrogen) atoms. The van der Waals surface area contributed by atoms with Crippen LogP contribution in [0, 0.1) is 0 Å². The van der Waals surface area contributed by atoms with Crippen molar-refractivity contribution < 1.29 is 39.2 Å². The fourth-order valence-electron chi connectivity index (χ4n) is 7.57. The van der Waals surface area contributed by atoms with Crippen molar-refractivity contribution in [1.82, 2.24) is 0 Å². The van der Waals surface area contributed by atoms with Crippen LogP contribution in [-0.4, -0.2) is 87.9 Å². The molecule has 6 atom stereocenters. The Labute approximate surface area is 302 Å². The van der Waals surface area contributed by atoms with Crippen LogP contribution < -0.4 is 0 Å². The van der Waals surface area contributed by atoms with Crippen molar-refractivity contribution in [2.75, 3.05) is 26.3 Å². The summed E-state index contributed by atoms with van der Waals surface area (Å²) < 4.78 is 11.4. The second-order valence-corrected chi connectivity index (χ2v) is 15.1. The van der Waals surface area contributed by atoms with Gasteiger partial charge in [0.05, 0.1) is 26.3 Å². The van der Waals surface area contributed by atoms with Gasteiger partial charge in [-0.05, 0) is 32.6 Å². The molecule has 1 aliphatic rings. The lowest BCUT2D eigenvalue weighted by molar-refractivity contribution is -0.915. The lowest BCUT2D eigenvalue weighted by Crippen LogP contribution is -2.72. The van der Waals surface area contributed by atoms with Crippen LogP contribution in [0.25, 0.3) is 0 Å². The van der Waals surface area contributed by atoms with Crippen LogP contribution in [0.15, 0.2) is 0 Å². The maximum absolute atomic E-state index is 13.8. The summed E-state index contributed by atoms with van der Waals surface area (Å²) >= 11 is 0. The number of aliphatic hydroxyl groups excluding tert-OH is 4. The number of amides is 1. The van der Waals surface area contributed by atoms with Crippen LogP contribution in [-0.2, 0) is 9.47 Å². The molecule has 1 fully saturated rings. The first kappa shape index (κ1) is 46.3. The Morgan fingerprint density at radius 2 is 0.837 bits per heavy atom. The van der Waals surface area contributed by atoms with Crippen LogP contribution in [0.4, 0.5) is 4.79 Å². The number of unbranched alkanes of at least 4 members (excludes halogenated alkanes) is 26. The molecular weight excluding hydrogens is 618 g/mol. The number of nitrogens with zero attached hydrogens (tertiary/aromatic N) is 1. The van der Waals surface area contributed by atoms with E-state index < -0.39 is 43.3 Å². The van der Waals surface area contributed by atoms with Gasteiger partial charge in [-0.1, -0.05) is 168 Å². The smallest absolute Gasteiger partial charge is 0.420 e. The maximum atomic E-state index is 13.8. The highest BCUT2D eigenvalue weighted by Crippen LogP contribution is 2.32. The lowest BCUT2D eigenvalue weighted by atomic mass is 9.96. The summed E-state index contributed by atoms with van der Waals surface area (Å²) in [5.74, 6) is 0. The first-order chi connectivity index (χ1) is 23.9. The first-order valence-corrected chi connectivity index (χ1v) is 21.2. The van der Waals surface area contributed by atoms with Crippen LogP contribution in [0.1, 0.15) is 201 Å². The van der Waals surface area contributed by atoms with E-state index in [4.69, 9.17) is 9.47 Å². The summed E-state index contributed by atoms with van der Waals surface area (Å²) in [6, 6.07) is 0. The minimum atomic E-state index is -1.52. The zero-order valence-electron chi connectivity index (χ0n) is 32.5. The molecule has 1 saturated heterocycles. The summed E-state index contributed by atoms with van der Waals surface area (Å²) in [7, 11) is 0. The SMILES string of the molecule is CCCCCCCCCCCCCCCCCC[N+](CCCCCCCCCCCCCC)(C(=O)OCC)C1O[C@H](CO)[C@H](O)[C@H](O)[C@H]1O. The molecule has 2 unspecified atom stereocenters. The van der Waals surface area contributed by atoms with E-state index in [1.807, 2.05) is 0 Å². The molecule has 8 nitrogen and oxygen atoms in total. The molecule has 1 rings (SSSR count). The fourth-order valence-corrected chi connectivity index (χ4v) is 7.57. The summed E-state index contributed by atoms with van der Waals surface area (Å²) in [5, 5.41) is 42.2. The Hall–Kier alpha value is -0.770. The molecule has 0 radical (unpaired) electrons. The van der Waals surface area contributed by atoms with E-state index in [-0.39, 0.29) is 11.1 Å². The monoisotopic (exact) mass is 701 g/mol. The Kier molecular flexibility index (Phi) is 29.1. The average Bonchev–Trinajstić information content (AvgIpc) is 3.10. The van der Waals surface area contributed by atoms with Gasteiger partial charge in [0.25, 0.3) is 0 Å². The zero-order chi connectivity index (χ0) is 36.0. The Morgan fingerprint density at radius 1 is 0.510 bits per heavy atom. The van der Waals surface area contributed by atoms with E-state index in [1.165, 1.54) is 141 Å². The van der Waals surface area contributed by atoms with Crippen LogP contribution in [0.2, 0.25) is 0 Å². The summed E-state index contributed by atoms with van der Waals surface area (Å²) in [6.45, 7) is 6.84. The molecule has 8 heteroatoms. The molecule has 4 N–H and O–H groups in total. The van der Waals surface area contributed by atoms with Crippen molar-refractivity contribution in [2.45, 2.75) is 231 Å². The lowest BCUT2D eigenvalue weighted by Gasteiger charge is -2.48. The quantitative estimate of drug-likeness (QED) is 0.0398. The van der Waals surface area contributed by atoms with E-state index in [9.17, 15) is 25.2 Å². The summed E-state index contributed by atoms with van der Waals surface area (Å²) in [5.41, 5.74) is 0. The maximum Gasteiger partial charge on any atom is 0.518 e. The highest BCUT2D eigenvalue weighted by Gasteiger charge is 2.57. The van der Waals surface area contributed by atoms with Gasteiger partial charge in [0.1, 0.15) is 18.3 Å². The normalized spacial score (nSPS) is 22.3. The molecule has 0 aromatic rings. The van der Waals surface area contributed by atoms with Gasteiger partial charge >= 0.3 is 6.09 Å². The first-order valence-electron chi connectivity index (χ1n) is 21.2. The van der Waals surface area contributed by atoms with Crippen molar-refractivity contribution in [1.29, 1.82) is 0 Å². The molecular formula is C41H82NO7+. The van der Waals surface area contributed by atoms with Gasteiger partial charge in [-0.25, -0.2) is 0 Å². The van der Waals surface area contributed by atoms with Crippen LogP contribution in [0.3, 0.4) is 0 Å². The zero-order valence-corrected chi connectivity index (χ0v) is 32.5. The molecule has 0 spiro atoms. The molecule has 0 bridgehead atoms. The average molecular weight is 701 g/mol. The third-order valence-corrected chi connectivity index (χ3v) is 10.8. The van der Waals surface area contributed by atoms with Crippen molar-refractivity contribution in [3.8, 4) is 0 Å². The van der Waals surface area contributed by atoms with Crippen molar-refractivity contribution in [3.05, 3.63) is 0 Å². The molecule has 0 aromatic heterocycles. The number of hydrogen-bond acceptors (Lipinski definition) is 7. The van der Waals surface area contributed by atoms with Gasteiger partial charge in [-0.3, -0.25) is 0 Å². The predicted octanol–water partition coefficient (Wildman–Crippen LogP) is 9.72. The van der Waals surface area contributed by atoms with Crippen LogP contribution >= 0.6 is 0 Å². The molecule has 1 amide bonds. The molecule has 0 aromatic carbocycles. The summed E-state index contributed by atoms with van der Waals surface area (Å²) in [4.78, 5) is 13.8. The van der Waals surface area contributed by atoms with E-state index in [1.54, 1.807) is 6.92 Å². The number of ether oxygens (including phenoxy) is 2. The van der Waals surface area contributed by atoms with Gasteiger partial charge in [-0.2, -0.15) is 9.28 Å². The minimum absolute atomic E-state index is 0.202. The van der Waals surface area contributed by atoms with Gasteiger partial charge < -0.3 is 29.9 Å². The topological polar surface area (TPSA) is 116 Å². The number of carbonyl (C=O) groups is 1. The minimum Gasteiger partial charge on any atom is -0.420 e. The van der Waals surface area contributed by atoms with E-state index in [0.29, 0.717) is 13.1 Å². The highest BCUT2D eigenvalue weighted by molar-refractivity contribution is 5.60.